The van der Waals surface area contributed by atoms with E-state index in [9.17, 15) is 19.0 Å². The zero-order chi connectivity index (χ0) is 46.4. The molecule has 0 saturated heterocycles. The summed E-state index contributed by atoms with van der Waals surface area (Å²) in [5.74, 6) is -0.855. The lowest BCUT2D eigenvalue weighted by atomic mass is 10.1. The van der Waals surface area contributed by atoms with Crippen molar-refractivity contribution in [3.8, 4) is 0 Å². The first-order valence-electron chi connectivity index (χ1n) is 24.5. The molecule has 0 amide bonds. The maximum atomic E-state index is 12.7. The monoisotopic (exact) mass is 901 g/mol. The third-order valence-electron chi connectivity index (χ3n) is 9.85. The SMILES string of the molecule is CC/C=C\C/C=C\C/C=C\C/C=C\C/C=C\C/C=C\C/C=C\CCCCCC(=O)OC(COC(=O)CCCCCCC/C=C\CCCCCCC)COP(=O)(O)OCC[N+](C)(C)C. The number of phosphoric acid groups is 1. The van der Waals surface area contributed by atoms with E-state index in [4.69, 9.17) is 18.5 Å². The molecule has 2 atom stereocenters. The van der Waals surface area contributed by atoms with E-state index in [0.29, 0.717) is 17.4 Å². The maximum Gasteiger partial charge on any atom is 0.472 e. The Balaban J connectivity index is 4.39. The fourth-order valence-electron chi connectivity index (χ4n) is 6.05. The number of esters is 2. The van der Waals surface area contributed by atoms with Crippen LogP contribution in [0.2, 0.25) is 0 Å². The number of rotatable bonds is 43. The molecule has 0 radical (unpaired) electrons. The number of ether oxygens (including phenoxy) is 2. The van der Waals surface area contributed by atoms with Gasteiger partial charge in [-0.25, -0.2) is 4.57 Å². The predicted molar refractivity (Wildman–Crippen MR) is 265 cm³/mol. The van der Waals surface area contributed by atoms with Crippen molar-refractivity contribution in [1.29, 1.82) is 0 Å². The zero-order valence-electron chi connectivity index (χ0n) is 40.5. The number of hydrogen-bond acceptors (Lipinski definition) is 7. The van der Waals surface area contributed by atoms with Gasteiger partial charge in [0.1, 0.15) is 19.8 Å². The first kappa shape index (κ1) is 59.9. The Hall–Kier alpha value is -3.07. The number of unbranched alkanes of at least 4 members (excludes halogenated alkanes) is 13. The molecule has 2 unspecified atom stereocenters. The van der Waals surface area contributed by atoms with Gasteiger partial charge in [-0.2, -0.15) is 0 Å². The number of hydrogen-bond donors (Lipinski definition) is 1. The molecule has 0 rings (SSSR count). The maximum absolute atomic E-state index is 12.7. The summed E-state index contributed by atoms with van der Waals surface area (Å²) < 4.78 is 34.3. The van der Waals surface area contributed by atoms with E-state index in [1.54, 1.807) is 0 Å². The first-order chi connectivity index (χ1) is 30.5. The summed E-state index contributed by atoms with van der Waals surface area (Å²) in [7, 11) is 1.43. The van der Waals surface area contributed by atoms with Crippen LogP contribution in [-0.4, -0.2) is 74.9 Å². The molecule has 1 N–H and O–H groups in total. The van der Waals surface area contributed by atoms with Crippen LogP contribution in [0, 0.1) is 0 Å². The van der Waals surface area contributed by atoms with Gasteiger partial charge in [0, 0.05) is 12.8 Å². The summed E-state index contributed by atoms with van der Waals surface area (Å²) in [5, 5.41) is 0. The molecule has 63 heavy (non-hydrogen) atoms. The highest BCUT2D eigenvalue weighted by Gasteiger charge is 2.27. The fourth-order valence-corrected chi connectivity index (χ4v) is 6.79. The van der Waals surface area contributed by atoms with Crippen LogP contribution in [0.15, 0.2) is 97.2 Å². The van der Waals surface area contributed by atoms with Crippen LogP contribution in [0.1, 0.15) is 174 Å². The Kier molecular flexibility index (Phi) is 42.0. The second kappa shape index (κ2) is 44.1. The molecule has 0 saturated carbocycles. The zero-order valence-corrected chi connectivity index (χ0v) is 41.4. The Labute approximate surface area is 385 Å². The number of allylic oxidation sites excluding steroid dienone is 16. The van der Waals surface area contributed by atoms with Crippen LogP contribution in [0.4, 0.5) is 0 Å². The van der Waals surface area contributed by atoms with E-state index >= 15 is 0 Å². The van der Waals surface area contributed by atoms with Crippen LogP contribution < -0.4 is 0 Å². The van der Waals surface area contributed by atoms with Crippen LogP contribution in [0.5, 0.6) is 0 Å². The van der Waals surface area contributed by atoms with E-state index < -0.39 is 32.5 Å². The molecular formula is C53H91NO8P+. The number of carbonyl (C=O) groups excluding carboxylic acids is 2. The highest BCUT2D eigenvalue weighted by molar-refractivity contribution is 7.47. The average molecular weight is 901 g/mol. The van der Waals surface area contributed by atoms with Crippen molar-refractivity contribution in [2.24, 2.45) is 0 Å². The summed E-state index contributed by atoms with van der Waals surface area (Å²) >= 11 is 0. The largest absolute Gasteiger partial charge is 0.472 e. The highest BCUT2D eigenvalue weighted by Crippen LogP contribution is 2.43. The Morgan fingerprint density at radius 2 is 0.905 bits per heavy atom. The topological polar surface area (TPSA) is 108 Å². The van der Waals surface area contributed by atoms with E-state index in [1.165, 1.54) is 38.5 Å². The summed E-state index contributed by atoms with van der Waals surface area (Å²) in [4.78, 5) is 35.5. The smallest absolute Gasteiger partial charge is 0.462 e. The summed E-state index contributed by atoms with van der Waals surface area (Å²) in [6.07, 6.45) is 58.9. The molecule has 0 aliphatic rings. The number of likely N-dealkylation sites (N-methyl/N-ethyl adjacent to an activating group) is 1. The van der Waals surface area contributed by atoms with Gasteiger partial charge < -0.3 is 18.9 Å². The van der Waals surface area contributed by atoms with Crippen molar-refractivity contribution in [3.63, 3.8) is 0 Å². The quantitative estimate of drug-likeness (QED) is 0.0212. The number of phosphoric ester groups is 1. The van der Waals surface area contributed by atoms with Gasteiger partial charge in [-0.15, -0.1) is 0 Å². The lowest BCUT2D eigenvalue weighted by molar-refractivity contribution is -0.870. The van der Waals surface area contributed by atoms with E-state index in [1.807, 2.05) is 21.1 Å². The third kappa shape index (κ3) is 48.2. The van der Waals surface area contributed by atoms with Gasteiger partial charge in [-0.3, -0.25) is 18.6 Å². The van der Waals surface area contributed by atoms with Crippen molar-refractivity contribution >= 4 is 19.8 Å². The summed E-state index contributed by atoms with van der Waals surface area (Å²) in [6.45, 7) is 4.23. The van der Waals surface area contributed by atoms with Gasteiger partial charge in [0.25, 0.3) is 0 Å². The summed E-state index contributed by atoms with van der Waals surface area (Å²) in [5.41, 5.74) is 0. The fraction of sp³-hybridized carbons (Fsp3) is 0.660. The van der Waals surface area contributed by atoms with Crippen LogP contribution in [0.3, 0.4) is 0 Å². The molecule has 0 aliphatic carbocycles. The molecular weight excluding hydrogens is 810 g/mol. The van der Waals surface area contributed by atoms with Gasteiger partial charge in [0.15, 0.2) is 6.10 Å². The Morgan fingerprint density at radius 3 is 1.38 bits per heavy atom. The minimum Gasteiger partial charge on any atom is -0.462 e. The number of carbonyl (C=O) groups is 2. The van der Waals surface area contributed by atoms with Crippen LogP contribution in [0.25, 0.3) is 0 Å². The number of nitrogens with zero attached hydrogens (tertiary/aromatic N) is 1. The van der Waals surface area contributed by atoms with E-state index in [2.05, 4.69) is 111 Å². The molecule has 0 spiro atoms. The lowest BCUT2D eigenvalue weighted by Crippen LogP contribution is -2.37. The van der Waals surface area contributed by atoms with Crippen LogP contribution >= 0.6 is 7.82 Å². The Bertz CT molecular complexity index is 1390. The van der Waals surface area contributed by atoms with Gasteiger partial charge in [-0.05, 0) is 96.3 Å². The van der Waals surface area contributed by atoms with Crippen molar-refractivity contribution in [1.82, 2.24) is 0 Å². The minimum absolute atomic E-state index is 0.0182. The van der Waals surface area contributed by atoms with Crippen molar-refractivity contribution in [2.75, 3.05) is 47.5 Å². The lowest BCUT2D eigenvalue weighted by Gasteiger charge is -2.24. The van der Waals surface area contributed by atoms with Crippen molar-refractivity contribution in [2.45, 2.75) is 180 Å². The molecule has 0 aliphatic heterocycles. The Morgan fingerprint density at radius 1 is 0.508 bits per heavy atom. The molecule has 0 aromatic rings. The first-order valence-corrected chi connectivity index (χ1v) is 26.0. The van der Waals surface area contributed by atoms with Crippen LogP contribution in [-0.2, 0) is 32.7 Å². The predicted octanol–water partition coefficient (Wildman–Crippen LogP) is 14.5. The third-order valence-corrected chi connectivity index (χ3v) is 10.8. The van der Waals surface area contributed by atoms with Crippen molar-refractivity contribution < 1.29 is 42.1 Å². The van der Waals surface area contributed by atoms with E-state index in [0.717, 1.165) is 103 Å². The molecule has 10 heteroatoms. The summed E-state index contributed by atoms with van der Waals surface area (Å²) in [6, 6.07) is 0. The van der Waals surface area contributed by atoms with Crippen molar-refractivity contribution in [3.05, 3.63) is 97.2 Å². The van der Waals surface area contributed by atoms with Gasteiger partial charge >= 0.3 is 19.8 Å². The minimum atomic E-state index is -4.40. The van der Waals surface area contributed by atoms with Gasteiger partial charge in [0.2, 0.25) is 0 Å². The molecule has 0 aromatic carbocycles. The standard InChI is InChI=1S/C53H90NO8P/c1-6-8-10-12-14-16-18-20-22-23-24-25-26-27-28-29-30-31-32-34-36-38-40-42-44-46-53(56)62-51(50-61-63(57,58)60-48-47-54(3,4)5)49-59-52(55)45-43-41-39-37-35-33-21-19-17-15-13-11-9-7-2/h8,10,14,16,19-22,24-25,27-28,30-31,34,36,51H,6-7,9,11-13,15,17-18,23,26,29,32-33,35,37-50H2,1-5H3/p+1/b10-8-,16-14-,21-19-,22-20-,25-24-,28-27-,31-30-,36-34-. The second-order valence-corrected chi connectivity index (χ2v) is 18.6. The molecule has 0 fully saturated rings. The highest BCUT2D eigenvalue weighted by atomic mass is 31.2. The van der Waals surface area contributed by atoms with Gasteiger partial charge in [0.05, 0.1) is 27.7 Å². The molecule has 360 valence electrons. The molecule has 0 heterocycles. The number of quaternary nitrogens is 1. The normalized spacial score (nSPS) is 14.3. The molecule has 0 bridgehead atoms. The second-order valence-electron chi connectivity index (χ2n) is 17.1. The average Bonchev–Trinajstić information content (AvgIpc) is 3.24. The molecule has 9 nitrogen and oxygen atoms in total. The molecule has 0 aromatic heterocycles. The van der Waals surface area contributed by atoms with Gasteiger partial charge in [-0.1, -0.05) is 162 Å². The van der Waals surface area contributed by atoms with E-state index in [-0.39, 0.29) is 26.1 Å².